The molecule has 0 aliphatic rings. The van der Waals surface area contributed by atoms with Gasteiger partial charge in [-0.1, -0.05) is 29.0 Å². The van der Waals surface area contributed by atoms with Gasteiger partial charge >= 0.3 is 0 Å². The second-order valence-corrected chi connectivity index (χ2v) is 12.7. The topological polar surface area (TPSA) is 107 Å². The van der Waals surface area contributed by atoms with Crippen molar-refractivity contribution >= 4 is 66.1 Å². The van der Waals surface area contributed by atoms with Gasteiger partial charge in [0.25, 0.3) is 21.2 Å². The number of halogens is 1. The first-order valence-electron chi connectivity index (χ1n) is 9.92. The van der Waals surface area contributed by atoms with Crippen molar-refractivity contribution in [2.24, 2.45) is 0 Å². The molecule has 3 aromatic heterocycles. The highest BCUT2D eigenvalue weighted by Gasteiger charge is 2.36. The SMILES string of the molecule is COS(=O)(=O)C(C)(C)c1ccc2sc(C(=O)Nc3cc(Cl)nc(Oc4ncc(C)s4)c3)cc2c1. The molecule has 178 valence electrons. The van der Waals surface area contributed by atoms with Gasteiger partial charge in [-0.15, -0.1) is 11.3 Å². The molecular weight excluding hydrogens is 518 g/mol. The quantitative estimate of drug-likeness (QED) is 0.228. The summed E-state index contributed by atoms with van der Waals surface area (Å²) in [5, 5.41) is 4.13. The number of carbonyl (C=O) groups is 1. The normalized spacial score (nSPS) is 12.1. The molecule has 0 saturated heterocycles. The molecule has 0 fully saturated rings. The van der Waals surface area contributed by atoms with Crippen LogP contribution < -0.4 is 10.1 Å². The van der Waals surface area contributed by atoms with Gasteiger partial charge in [0.15, 0.2) is 0 Å². The zero-order valence-electron chi connectivity index (χ0n) is 18.6. The highest BCUT2D eigenvalue weighted by atomic mass is 35.5. The van der Waals surface area contributed by atoms with Gasteiger partial charge in [0, 0.05) is 27.5 Å². The van der Waals surface area contributed by atoms with Crippen molar-refractivity contribution in [3.8, 4) is 11.1 Å². The van der Waals surface area contributed by atoms with Gasteiger partial charge in [0.1, 0.15) is 9.90 Å². The maximum Gasteiger partial charge on any atom is 0.280 e. The molecule has 1 N–H and O–H groups in total. The van der Waals surface area contributed by atoms with E-state index >= 15 is 0 Å². The van der Waals surface area contributed by atoms with E-state index in [0.717, 1.165) is 22.1 Å². The molecule has 8 nitrogen and oxygen atoms in total. The molecule has 1 amide bonds. The number of hydrogen-bond acceptors (Lipinski definition) is 9. The largest absolute Gasteiger partial charge is 0.412 e. The average molecular weight is 538 g/mol. The third-order valence-electron chi connectivity index (χ3n) is 5.10. The molecule has 0 unspecified atom stereocenters. The maximum absolute atomic E-state index is 12.9. The molecule has 0 aliphatic heterocycles. The number of pyridine rings is 1. The number of aryl methyl sites for hydroxylation is 1. The standard InChI is InChI=1S/C22H20ClN3O5S3/c1-12-11-24-21(32-12)31-19-10-15(9-18(23)26-19)25-20(27)17-8-13-7-14(5-6-16(13)33-17)22(2,3)34(28,29)30-4/h5-11H,1-4H3,(H,25,26,27). The molecule has 34 heavy (non-hydrogen) atoms. The summed E-state index contributed by atoms with van der Waals surface area (Å²) in [7, 11) is -2.67. The van der Waals surface area contributed by atoms with Crippen molar-refractivity contribution in [1.29, 1.82) is 0 Å². The van der Waals surface area contributed by atoms with Gasteiger partial charge < -0.3 is 10.1 Å². The minimum Gasteiger partial charge on any atom is -0.412 e. The van der Waals surface area contributed by atoms with Gasteiger partial charge in [0.05, 0.1) is 12.0 Å². The summed E-state index contributed by atoms with van der Waals surface area (Å²) >= 11 is 8.76. The smallest absolute Gasteiger partial charge is 0.280 e. The predicted molar refractivity (Wildman–Crippen MR) is 135 cm³/mol. The van der Waals surface area contributed by atoms with E-state index in [0.29, 0.717) is 21.3 Å². The van der Waals surface area contributed by atoms with Crippen molar-refractivity contribution in [2.75, 3.05) is 12.4 Å². The van der Waals surface area contributed by atoms with E-state index in [1.54, 1.807) is 50.4 Å². The van der Waals surface area contributed by atoms with E-state index < -0.39 is 14.9 Å². The average Bonchev–Trinajstić information content (AvgIpc) is 3.38. The van der Waals surface area contributed by atoms with E-state index in [1.165, 1.54) is 28.7 Å². The van der Waals surface area contributed by atoms with Crippen LogP contribution in [0.4, 0.5) is 5.69 Å². The van der Waals surface area contributed by atoms with E-state index in [-0.39, 0.29) is 16.9 Å². The van der Waals surface area contributed by atoms with E-state index in [9.17, 15) is 13.2 Å². The second kappa shape index (κ2) is 9.23. The number of hydrogen-bond donors (Lipinski definition) is 1. The highest BCUT2D eigenvalue weighted by Crippen LogP contribution is 2.35. The lowest BCUT2D eigenvalue weighted by Gasteiger charge is -2.23. The number of fused-ring (bicyclic) bond motifs is 1. The third-order valence-corrected chi connectivity index (χ3v) is 9.12. The van der Waals surface area contributed by atoms with Gasteiger partial charge in [-0.2, -0.15) is 8.42 Å². The van der Waals surface area contributed by atoms with Gasteiger partial charge in [-0.3, -0.25) is 8.98 Å². The molecular formula is C22H20ClN3O5S3. The van der Waals surface area contributed by atoms with Gasteiger partial charge in [-0.25, -0.2) is 9.97 Å². The fourth-order valence-electron chi connectivity index (χ4n) is 3.14. The summed E-state index contributed by atoms with van der Waals surface area (Å²) in [6.07, 6.45) is 1.69. The molecule has 0 atom stereocenters. The number of thiazole rings is 1. The summed E-state index contributed by atoms with van der Waals surface area (Å²) in [4.78, 5) is 22.6. The molecule has 0 spiro atoms. The van der Waals surface area contributed by atoms with Crippen molar-refractivity contribution in [3.63, 3.8) is 0 Å². The van der Waals surface area contributed by atoms with Crippen LogP contribution >= 0.6 is 34.3 Å². The van der Waals surface area contributed by atoms with Crippen molar-refractivity contribution < 1.29 is 22.1 Å². The fourth-order valence-corrected chi connectivity index (χ4v) is 5.73. The number of nitrogens with zero attached hydrogens (tertiary/aromatic N) is 2. The number of anilines is 1. The Labute approximate surface area is 209 Å². The Morgan fingerprint density at radius 2 is 1.91 bits per heavy atom. The van der Waals surface area contributed by atoms with Crippen LogP contribution in [-0.2, 0) is 19.0 Å². The Morgan fingerprint density at radius 1 is 1.15 bits per heavy atom. The van der Waals surface area contributed by atoms with Gasteiger partial charge in [0.2, 0.25) is 5.88 Å². The summed E-state index contributed by atoms with van der Waals surface area (Å²) in [5.41, 5.74) is 0.977. The summed E-state index contributed by atoms with van der Waals surface area (Å²) in [6, 6.07) is 10.1. The molecule has 4 aromatic rings. The van der Waals surface area contributed by atoms with Crippen molar-refractivity contribution in [3.05, 3.63) is 63.1 Å². The second-order valence-electron chi connectivity index (χ2n) is 7.80. The summed E-state index contributed by atoms with van der Waals surface area (Å²) in [6.45, 7) is 5.06. The molecule has 0 aliphatic carbocycles. The minimum absolute atomic E-state index is 0.156. The molecule has 12 heteroatoms. The van der Waals surface area contributed by atoms with Crippen LogP contribution in [0.15, 0.2) is 42.6 Å². The zero-order valence-corrected chi connectivity index (χ0v) is 21.8. The van der Waals surface area contributed by atoms with Crippen LogP contribution in [-0.4, -0.2) is 31.4 Å². The van der Waals surface area contributed by atoms with Crippen LogP contribution in [0.25, 0.3) is 10.1 Å². The van der Waals surface area contributed by atoms with Crippen LogP contribution in [0.1, 0.15) is 34.0 Å². The number of benzene rings is 1. The number of carbonyl (C=O) groups excluding carboxylic acids is 1. The van der Waals surface area contributed by atoms with Crippen molar-refractivity contribution in [1.82, 2.24) is 9.97 Å². The highest BCUT2D eigenvalue weighted by molar-refractivity contribution is 7.87. The minimum atomic E-state index is -3.81. The first-order chi connectivity index (χ1) is 16.0. The van der Waals surface area contributed by atoms with Crippen LogP contribution in [0, 0.1) is 6.92 Å². The zero-order chi connectivity index (χ0) is 24.7. The number of rotatable bonds is 7. The molecule has 1 aromatic carbocycles. The van der Waals surface area contributed by atoms with Crippen LogP contribution in [0.5, 0.6) is 11.1 Å². The van der Waals surface area contributed by atoms with Gasteiger partial charge in [-0.05, 0) is 56.0 Å². The lowest BCUT2D eigenvalue weighted by Crippen LogP contribution is -2.30. The summed E-state index contributed by atoms with van der Waals surface area (Å²) < 4.78 is 34.6. The Balaban J connectivity index is 1.58. The number of aromatic nitrogens is 2. The number of nitrogens with one attached hydrogen (secondary N) is 1. The summed E-state index contributed by atoms with van der Waals surface area (Å²) in [5.74, 6) is -0.135. The lowest BCUT2D eigenvalue weighted by molar-refractivity contribution is 0.103. The Bertz CT molecular complexity index is 1490. The molecule has 3 heterocycles. The monoisotopic (exact) mass is 537 g/mol. The third kappa shape index (κ3) is 4.93. The maximum atomic E-state index is 12.9. The fraction of sp³-hybridized carbons (Fsp3) is 0.227. The van der Waals surface area contributed by atoms with Crippen LogP contribution in [0.2, 0.25) is 5.15 Å². The number of amides is 1. The predicted octanol–water partition coefficient (Wildman–Crippen LogP) is 5.97. The van der Waals surface area contributed by atoms with E-state index in [4.69, 9.17) is 20.5 Å². The number of thiophene rings is 1. The first-order valence-corrected chi connectivity index (χ1v) is 13.3. The van der Waals surface area contributed by atoms with E-state index in [1.807, 2.05) is 6.92 Å². The molecule has 0 bridgehead atoms. The Morgan fingerprint density at radius 3 is 2.59 bits per heavy atom. The number of ether oxygens (including phenoxy) is 1. The Hall–Kier alpha value is -2.57. The van der Waals surface area contributed by atoms with Crippen LogP contribution in [0.3, 0.4) is 0 Å². The van der Waals surface area contributed by atoms with Crippen molar-refractivity contribution in [2.45, 2.75) is 25.5 Å². The molecule has 0 saturated carbocycles. The van der Waals surface area contributed by atoms with E-state index in [2.05, 4.69) is 15.3 Å². The molecule has 0 radical (unpaired) electrons. The molecule has 4 rings (SSSR count). The Kier molecular flexibility index (Phi) is 6.67. The lowest BCUT2D eigenvalue weighted by atomic mass is 10.0. The first kappa shape index (κ1) is 24.6.